The van der Waals surface area contributed by atoms with Crippen LogP contribution in [0.15, 0.2) is 0 Å². The fourth-order valence-electron chi connectivity index (χ4n) is 0.881. The van der Waals surface area contributed by atoms with E-state index < -0.39 is 9.20 Å². The van der Waals surface area contributed by atoms with Gasteiger partial charge in [0.2, 0.25) is 0 Å². The second-order valence-corrected chi connectivity index (χ2v) is 6.59. The van der Waals surface area contributed by atoms with E-state index in [0.29, 0.717) is 6.42 Å². The molecule has 0 aliphatic heterocycles. The van der Waals surface area contributed by atoms with E-state index >= 15 is 0 Å². The molecule has 0 bridgehead atoms. The van der Waals surface area contributed by atoms with Gasteiger partial charge in [-0.2, -0.15) is 0 Å². The normalized spacial score (nSPS) is 11.6. The van der Waals surface area contributed by atoms with Gasteiger partial charge in [0.25, 0.3) is 0 Å². The van der Waals surface area contributed by atoms with E-state index in [1.165, 1.54) is 12.8 Å². The molecule has 0 aliphatic carbocycles. The number of halogens is 2. The van der Waals surface area contributed by atoms with Crippen molar-refractivity contribution in [2.75, 3.05) is 0 Å². The number of carboxylic acid groups (broad SMARTS) is 1. The number of unbranched alkanes of at least 4 members (excludes halogenated alkanes) is 3. The number of hydrogen-bond acceptors (Lipinski definition) is 1. The molecule has 0 aromatic rings. The molecule has 2 nitrogen and oxygen atoms in total. The Morgan fingerprint density at radius 3 is 2.33 bits per heavy atom. The zero-order chi connectivity index (χ0) is 9.61. The summed E-state index contributed by atoms with van der Waals surface area (Å²) in [5.41, 5.74) is 0. The third-order valence-corrected chi connectivity index (χ3v) is 3.13. The van der Waals surface area contributed by atoms with Crippen LogP contribution in [0.4, 0.5) is 0 Å². The number of carbonyl (C=O) groups is 1. The second kappa shape index (κ2) is 5.97. The highest BCUT2D eigenvalue weighted by molar-refractivity contribution is 9.25. The number of carboxylic acids is 1. The van der Waals surface area contributed by atoms with Crippen LogP contribution in [0.25, 0.3) is 0 Å². The van der Waals surface area contributed by atoms with Gasteiger partial charge in [0.05, 0.1) is 0 Å². The van der Waals surface area contributed by atoms with Crippen molar-refractivity contribution in [2.24, 2.45) is 0 Å². The topological polar surface area (TPSA) is 37.3 Å². The first-order chi connectivity index (χ1) is 5.50. The van der Waals surface area contributed by atoms with Gasteiger partial charge < -0.3 is 5.11 Å². The maximum Gasteiger partial charge on any atom is 0.331 e. The van der Waals surface area contributed by atoms with E-state index in [2.05, 4.69) is 38.8 Å². The van der Waals surface area contributed by atoms with E-state index in [4.69, 9.17) is 5.11 Å². The summed E-state index contributed by atoms with van der Waals surface area (Å²) < 4.78 is -0.909. The summed E-state index contributed by atoms with van der Waals surface area (Å²) in [5.74, 6) is -0.848. The van der Waals surface area contributed by atoms with Crippen LogP contribution in [0.3, 0.4) is 0 Å². The van der Waals surface area contributed by atoms with Crippen molar-refractivity contribution < 1.29 is 9.90 Å². The molecular weight excluding hydrogens is 288 g/mol. The van der Waals surface area contributed by atoms with E-state index in [1.807, 2.05) is 0 Å². The first kappa shape index (κ1) is 12.4. The Labute approximate surface area is 90.0 Å². The van der Waals surface area contributed by atoms with Crippen LogP contribution in [0, 0.1) is 0 Å². The molecule has 0 amide bonds. The summed E-state index contributed by atoms with van der Waals surface area (Å²) in [6.07, 6.45) is 5.02. The third kappa shape index (κ3) is 5.14. The molecule has 0 spiro atoms. The largest absolute Gasteiger partial charge is 0.480 e. The van der Waals surface area contributed by atoms with Gasteiger partial charge in [-0.05, 0) is 6.42 Å². The molecule has 0 heterocycles. The Hall–Kier alpha value is 0.430. The number of aliphatic carboxylic acids is 1. The van der Waals surface area contributed by atoms with Crippen molar-refractivity contribution in [2.45, 2.75) is 42.3 Å². The highest BCUT2D eigenvalue weighted by atomic mass is 79.9. The van der Waals surface area contributed by atoms with Gasteiger partial charge in [0.1, 0.15) is 0 Å². The zero-order valence-corrected chi connectivity index (χ0v) is 10.3. The number of alkyl halides is 2. The highest BCUT2D eigenvalue weighted by Crippen LogP contribution is 2.32. The summed E-state index contributed by atoms with van der Waals surface area (Å²) in [7, 11) is 0. The summed E-state index contributed by atoms with van der Waals surface area (Å²) in [5, 5.41) is 8.70. The molecule has 0 aromatic carbocycles. The molecular formula is C8H14Br2O2. The lowest BCUT2D eigenvalue weighted by molar-refractivity contribution is -0.137. The predicted molar refractivity (Wildman–Crippen MR) is 57.0 cm³/mol. The van der Waals surface area contributed by atoms with Gasteiger partial charge in [0, 0.05) is 0 Å². The van der Waals surface area contributed by atoms with E-state index in [9.17, 15) is 4.79 Å². The van der Waals surface area contributed by atoms with Crippen LogP contribution in [-0.4, -0.2) is 14.3 Å². The predicted octanol–water partition coefficient (Wildman–Crippen LogP) is 3.53. The van der Waals surface area contributed by atoms with Crippen molar-refractivity contribution in [3.63, 3.8) is 0 Å². The Balaban J connectivity index is 3.54. The van der Waals surface area contributed by atoms with E-state index in [1.54, 1.807) is 0 Å². The van der Waals surface area contributed by atoms with Crippen LogP contribution < -0.4 is 0 Å². The first-order valence-electron chi connectivity index (χ1n) is 4.12. The van der Waals surface area contributed by atoms with E-state index in [0.717, 1.165) is 12.8 Å². The smallest absolute Gasteiger partial charge is 0.331 e. The van der Waals surface area contributed by atoms with Crippen LogP contribution in [0.2, 0.25) is 0 Å². The SMILES string of the molecule is CCCCCCC(Br)(Br)C(=O)O. The van der Waals surface area contributed by atoms with E-state index in [-0.39, 0.29) is 0 Å². The minimum absolute atomic E-state index is 0.627. The Bertz CT molecular complexity index is 146. The highest BCUT2D eigenvalue weighted by Gasteiger charge is 2.30. The Kier molecular flexibility index (Phi) is 6.19. The molecule has 0 saturated carbocycles. The molecule has 72 valence electrons. The van der Waals surface area contributed by atoms with Crippen molar-refractivity contribution >= 4 is 37.8 Å². The maximum atomic E-state index is 10.6. The van der Waals surface area contributed by atoms with Crippen LogP contribution in [0.1, 0.15) is 39.0 Å². The van der Waals surface area contributed by atoms with Crippen molar-refractivity contribution in [1.29, 1.82) is 0 Å². The molecule has 12 heavy (non-hydrogen) atoms. The Morgan fingerprint density at radius 2 is 1.92 bits per heavy atom. The molecule has 1 N–H and O–H groups in total. The average molecular weight is 302 g/mol. The molecule has 0 atom stereocenters. The summed E-state index contributed by atoms with van der Waals surface area (Å²) in [6, 6.07) is 0. The fraction of sp³-hybridized carbons (Fsp3) is 0.875. The van der Waals surface area contributed by atoms with Gasteiger partial charge in [0.15, 0.2) is 3.23 Å². The quantitative estimate of drug-likeness (QED) is 0.602. The Morgan fingerprint density at radius 1 is 1.33 bits per heavy atom. The van der Waals surface area contributed by atoms with Gasteiger partial charge in [-0.1, -0.05) is 64.5 Å². The van der Waals surface area contributed by atoms with Gasteiger partial charge in [-0.15, -0.1) is 0 Å². The first-order valence-corrected chi connectivity index (χ1v) is 5.70. The van der Waals surface area contributed by atoms with Gasteiger partial charge in [-0.3, -0.25) is 0 Å². The lowest BCUT2D eigenvalue weighted by Crippen LogP contribution is -2.23. The molecule has 0 unspecified atom stereocenters. The number of rotatable bonds is 6. The van der Waals surface area contributed by atoms with Crippen molar-refractivity contribution in [3.8, 4) is 0 Å². The third-order valence-electron chi connectivity index (χ3n) is 1.66. The molecule has 4 heteroatoms. The van der Waals surface area contributed by atoms with Crippen LogP contribution >= 0.6 is 31.9 Å². The summed E-state index contributed by atoms with van der Waals surface area (Å²) in [4.78, 5) is 10.6. The zero-order valence-electron chi connectivity index (χ0n) is 7.15. The van der Waals surface area contributed by atoms with Crippen LogP contribution in [0.5, 0.6) is 0 Å². The molecule has 0 aliphatic rings. The minimum Gasteiger partial charge on any atom is -0.480 e. The lowest BCUT2D eigenvalue weighted by Gasteiger charge is -2.13. The lowest BCUT2D eigenvalue weighted by atomic mass is 10.1. The molecule has 0 radical (unpaired) electrons. The summed E-state index contributed by atoms with van der Waals surface area (Å²) in [6.45, 7) is 2.13. The van der Waals surface area contributed by atoms with Crippen molar-refractivity contribution in [3.05, 3.63) is 0 Å². The average Bonchev–Trinajstić information content (AvgIpc) is 1.98. The van der Waals surface area contributed by atoms with Crippen LogP contribution in [-0.2, 0) is 4.79 Å². The second-order valence-electron chi connectivity index (χ2n) is 2.82. The monoisotopic (exact) mass is 300 g/mol. The molecule has 0 rings (SSSR count). The van der Waals surface area contributed by atoms with Gasteiger partial charge >= 0.3 is 5.97 Å². The molecule has 0 saturated heterocycles. The standard InChI is InChI=1S/C8H14Br2O2/c1-2-3-4-5-6-8(9,10)7(11)12/h2-6H2,1H3,(H,11,12). The number of hydrogen-bond donors (Lipinski definition) is 1. The molecule has 0 aromatic heterocycles. The maximum absolute atomic E-state index is 10.6. The van der Waals surface area contributed by atoms with Gasteiger partial charge in [-0.25, -0.2) is 4.79 Å². The molecule has 0 fully saturated rings. The fourth-order valence-corrected chi connectivity index (χ4v) is 1.44. The van der Waals surface area contributed by atoms with Crippen molar-refractivity contribution in [1.82, 2.24) is 0 Å². The summed E-state index contributed by atoms with van der Waals surface area (Å²) >= 11 is 6.23. The minimum atomic E-state index is -0.909.